The number of hydrogen-bond donors (Lipinski definition) is 2. The third kappa shape index (κ3) is 2.48. The van der Waals surface area contributed by atoms with Gasteiger partial charge in [0.05, 0.1) is 12.2 Å². The first-order valence-corrected chi connectivity index (χ1v) is 6.43. The van der Waals surface area contributed by atoms with Gasteiger partial charge in [0, 0.05) is 24.2 Å². The smallest absolute Gasteiger partial charge is 0.276 e. The van der Waals surface area contributed by atoms with Gasteiger partial charge in [-0.15, -0.1) is 0 Å². The number of aryl methyl sites for hydroxylation is 2. The SMILES string of the molecule is Cc1cc(NN)nc(Cn2ccn3nc(C)cc3c2=O)n1. The normalized spacial score (nSPS) is 11.0. The molecule has 0 amide bonds. The van der Waals surface area contributed by atoms with Gasteiger partial charge in [-0.1, -0.05) is 0 Å². The zero-order valence-corrected chi connectivity index (χ0v) is 11.7. The van der Waals surface area contributed by atoms with Crippen LogP contribution in [-0.2, 0) is 6.54 Å². The van der Waals surface area contributed by atoms with Crippen LogP contribution in [0.1, 0.15) is 17.2 Å². The molecule has 0 unspecified atom stereocenters. The second kappa shape index (κ2) is 4.98. The van der Waals surface area contributed by atoms with Crippen LogP contribution in [0.15, 0.2) is 29.3 Å². The van der Waals surface area contributed by atoms with Crippen molar-refractivity contribution in [3.05, 3.63) is 52.1 Å². The Morgan fingerprint density at radius 3 is 2.76 bits per heavy atom. The number of rotatable bonds is 3. The first-order valence-electron chi connectivity index (χ1n) is 6.43. The Bertz CT molecular complexity index is 865. The van der Waals surface area contributed by atoms with Gasteiger partial charge in [-0.05, 0) is 19.9 Å². The van der Waals surface area contributed by atoms with E-state index in [1.165, 1.54) is 0 Å². The second-order valence-electron chi connectivity index (χ2n) is 4.80. The monoisotopic (exact) mass is 285 g/mol. The molecule has 0 aliphatic heterocycles. The highest BCUT2D eigenvalue weighted by molar-refractivity contribution is 5.45. The van der Waals surface area contributed by atoms with Gasteiger partial charge in [-0.25, -0.2) is 20.3 Å². The third-order valence-corrected chi connectivity index (χ3v) is 3.09. The predicted octanol–water partition coefficient (Wildman–Crippen LogP) is 0.237. The van der Waals surface area contributed by atoms with E-state index < -0.39 is 0 Å². The number of fused-ring (bicyclic) bond motifs is 1. The molecule has 0 radical (unpaired) electrons. The van der Waals surface area contributed by atoms with Crippen LogP contribution in [0.2, 0.25) is 0 Å². The summed E-state index contributed by atoms with van der Waals surface area (Å²) in [6, 6.07) is 3.48. The fourth-order valence-corrected chi connectivity index (χ4v) is 2.20. The molecule has 108 valence electrons. The third-order valence-electron chi connectivity index (χ3n) is 3.09. The minimum atomic E-state index is -0.134. The average Bonchev–Trinajstić information content (AvgIpc) is 2.83. The Morgan fingerprint density at radius 1 is 1.19 bits per heavy atom. The summed E-state index contributed by atoms with van der Waals surface area (Å²) in [5.74, 6) is 6.41. The zero-order chi connectivity index (χ0) is 15.0. The molecule has 0 spiro atoms. The summed E-state index contributed by atoms with van der Waals surface area (Å²) in [6.07, 6.45) is 3.41. The fraction of sp³-hybridized carbons (Fsp3) is 0.231. The van der Waals surface area contributed by atoms with E-state index in [1.54, 1.807) is 33.6 Å². The maximum atomic E-state index is 12.4. The Morgan fingerprint density at radius 2 is 2.00 bits per heavy atom. The van der Waals surface area contributed by atoms with Gasteiger partial charge in [-0.2, -0.15) is 5.10 Å². The van der Waals surface area contributed by atoms with E-state index in [0.717, 1.165) is 11.4 Å². The molecule has 21 heavy (non-hydrogen) atoms. The van der Waals surface area contributed by atoms with E-state index in [9.17, 15) is 4.79 Å². The molecule has 0 aliphatic rings. The number of hydrazine groups is 1. The number of nitrogens with two attached hydrogens (primary N) is 1. The molecule has 8 nitrogen and oxygen atoms in total. The van der Waals surface area contributed by atoms with Gasteiger partial charge < -0.3 is 9.99 Å². The van der Waals surface area contributed by atoms with Crippen molar-refractivity contribution in [2.45, 2.75) is 20.4 Å². The molecule has 3 rings (SSSR count). The van der Waals surface area contributed by atoms with Crippen molar-refractivity contribution >= 4 is 11.3 Å². The van der Waals surface area contributed by atoms with Gasteiger partial charge >= 0.3 is 0 Å². The molecular formula is C13H15N7O. The van der Waals surface area contributed by atoms with Crippen LogP contribution in [0.3, 0.4) is 0 Å². The van der Waals surface area contributed by atoms with Gasteiger partial charge in [0.1, 0.15) is 11.3 Å². The average molecular weight is 285 g/mol. The highest BCUT2D eigenvalue weighted by Gasteiger charge is 2.08. The van der Waals surface area contributed by atoms with Crippen LogP contribution in [0.25, 0.3) is 5.52 Å². The number of anilines is 1. The van der Waals surface area contributed by atoms with E-state index >= 15 is 0 Å². The Hall–Kier alpha value is -2.74. The molecule has 0 bridgehead atoms. The standard InChI is InChI=1S/C13H15N7O/c1-8-6-11(17-14)16-12(15-8)7-19-3-4-20-10(13(19)21)5-9(2)18-20/h3-6H,7,14H2,1-2H3,(H,15,16,17). The van der Waals surface area contributed by atoms with Gasteiger partial charge in [-0.3, -0.25) is 4.79 Å². The quantitative estimate of drug-likeness (QED) is 0.527. The van der Waals surface area contributed by atoms with Crippen molar-refractivity contribution in [1.82, 2.24) is 24.1 Å². The maximum absolute atomic E-state index is 12.4. The molecule has 8 heteroatoms. The summed E-state index contributed by atoms with van der Waals surface area (Å²) in [5.41, 5.74) is 4.46. The molecule has 3 N–H and O–H groups in total. The Kier molecular flexibility index (Phi) is 3.15. The number of hydrogen-bond acceptors (Lipinski definition) is 6. The first-order chi connectivity index (χ1) is 10.1. The van der Waals surface area contributed by atoms with Crippen LogP contribution in [0.4, 0.5) is 5.82 Å². The van der Waals surface area contributed by atoms with Gasteiger partial charge in [0.25, 0.3) is 5.56 Å². The lowest BCUT2D eigenvalue weighted by molar-refractivity contribution is 0.701. The predicted molar refractivity (Wildman–Crippen MR) is 77.9 cm³/mol. The molecule has 0 fully saturated rings. The molecule has 0 atom stereocenters. The molecule has 3 aromatic heterocycles. The van der Waals surface area contributed by atoms with Crippen molar-refractivity contribution in [2.24, 2.45) is 5.84 Å². The second-order valence-corrected chi connectivity index (χ2v) is 4.80. The lowest BCUT2D eigenvalue weighted by Gasteiger charge is -2.07. The number of nitrogens with one attached hydrogen (secondary N) is 1. The minimum absolute atomic E-state index is 0.134. The van der Waals surface area contributed by atoms with Gasteiger partial charge in [0.2, 0.25) is 0 Å². The summed E-state index contributed by atoms with van der Waals surface area (Å²) in [6.45, 7) is 3.97. The Labute approximate surface area is 120 Å². The largest absolute Gasteiger partial charge is 0.308 e. The molecule has 0 aromatic carbocycles. The van der Waals surface area contributed by atoms with E-state index in [2.05, 4.69) is 20.5 Å². The van der Waals surface area contributed by atoms with Crippen LogP contribution in [0, 0.1) is 13.8 Å². The zero-order valence-electron chi connectivity index (χ0n) is 11.7. The van der Waals surface area contributed by atoms with Crippen LogP contribution < -0.4 is 16.8 Å². The summed E-state index contributed by atoms with van der Waals surface area (Å²) in [4.78, 5) is 21.0. The molecule has 0 aliphatic carbocycles. The lowest BCUT2D eigenvalue weighted by Crippen LogP contribution is -2.23. The number of nitrogens with zero attached hydrogens (tertiary/aromatic N) is 5. The minimum Gasteiger partial charge on any atom is -0.308 e. The van der Waals surface area contributed by atoms with Gasteiger partial charge in [0.15, 0.2) is 5.82 Å². The van der Waals surface area contributed by atoms with Crippen molar-refractivity contribution in [3.63, 3.8) is 0 Å². The van der Waals surface area contributed by atoms with Crippen molar-refractivity contribution in [3.8, 4) is 0 Å². The first kappa shape index (κ1) is 13.3. The van der Waals surface area contributed by atoms with Crippen LogP contribution >= 0.6 is 0 Å². The molecule has 0 saturated carbocycles. The number of aromatic nitrogens is 5. The molecule has 3 heterocycles. The Balaban J connectivity index is 2.03. The maximum Gasteiger partial charge on any atom is 0.276 e. The van der Waals surface area contributed by atoms with Crippen molar-refractivity contribution in [2.75, 3.05) is 5.43 Å². The number of nitrogen functional groups attached to an aromatic ring is 1. The van der Waals surface area contributed by atoms with E-state index in [0.29, 0.717) is 17.2 Å². The summed E-state index contributed by atoms with van der Waals surface area (Å²) < 4.78 is 3.11. The van der Waals surface area contributed by atoms with E-state index in [-0.39, 0.29) is 12.1 Å². The summed E-state index contributed by atoms with van der Waals surface area (Å²) in [7, 11) is 0. The summed E-state index contributed by atoms with van der Waals surface area (Å²) in [5, 5.41) is 4.21. The van der Waals surface area contributed by atoms with E-state index in [4.69, 9.17) is 5.84 Å². The highest BCUT2D eigenvalue weighted by Crippen LogP contribution is 2.06. The summed E-state index contributed by atoms with van der Waals surface area (Å²) >= 11 is 0. The molecule has 3 aromatic rings. The van der Waals surface area contributed by atoms with Crippen LogP contribution in [-0.4, -0.2) is 24.1 Å². The van der Waals surface area contributed by atoms with Crippen molar-refractivity contribution in [1.29, 1.82) is 0 Å². The molecule has 0 saturated heterocycles. The van der Waals surface area contributed by atoms with Crippen molar-refractivity contribution < 1.29 is 0 Å². The highest BCUT2D eigenvalue weighted by atomic mass is 16.1. The lowest BCUT2D eigenvalue weighted by atomic mass is 10.4. The fourth-order valence-electron chi connectivity index (χ4n) is 2.20. The van der Waals surface area contributed by atoms with Crippen LogP contribution in [0.5, 0.6) is 0 Å². The molecular weight excluding hydrogens is 270 g/mol. The van der Waals surface area contributed by atoms with E-state index in [1.807, 2.05) is 13.8 Å². The topological polar surface area (TPSA) is 103 Å².